The first-order valence-electron chi connectivity index (χ1n) is 6.85. The number of rotatable bonds is 4. The van der Waals surface area contributed by atoms with Crippen LogP contribution in [0, 0.1) is 0 Å². The summed E-state index contributed by atoms with van der Waals surface area (Å²) >= 11 is 5.99. The zero-order valence-electron chi connectivity index (χ0n) is 11.4. The molecule has 0 spiro atoms. The SMILES string of the molecule is O=Cc1c(Cl)cccc1OCC1OCCc2ccccc21. The number of ether oxygens (including phenoxy) is 2. The molecule has 0 aliphatic carbocycles. The van der Waals surface area contributed by atoms with E-state index in [-0.39, 0.29) is 6.10 Å². The zero-order valence-corrected chi connectivity index (χ0v) is 12.2. The van der Waals surface area contributed by atoms with E-state index in [0.29, 0.717) is 35.8 Å². The summed E-state index contributed by atoms with van der Waals surface area (Å²) in [5.41, 5.74) is 2.82. The topological polar surface area (TPSA) is 35.5 Å². The van der Waals surface area contributed by atoms with Crippen molar-refractivity contribution < 1.29 is 14.3 Å². The molecule has 0 fully saturated rings. The van der Waals surface area contributed by atoms with Gasteiger partial charge in [-0.2, -0.15) is 0 Å². The maximum Gasteiger partial charge on any atom is 0.155 e. The number of fused-ring (bicyclic) bond motifs is 1. The molecule has 1 aliphatic heterocycles. The molecule has 3 nitrogen and oxygen atoms in total. The van der Waals surface area contributed by atoms with Gasteiger partial charge in [-0.15, -0.1) is 0 Å². The molecule has 1 aliphatic rings. The number of carbonyl (C=O) groups is 1. The Balaban J connectivity index is 1.78. The molecule has 0 aromatic heterocycles. The molecule has 0 saturated heterocycles. The minimum absolute atomic E-state index is 0.117. The summed E-state index contributed by atoms with van der Waals surface area (Å²) in [7, 11) is 0. The van der Waals surface area contributed by atoms with Crippen LogP contribution >= 0.6 is 11.6 Å². The van der Waals surface area contributed by atoms with E-state index in [9.17, 15) is 4.79 Å². The second-order valence-corrected chi connectivity index (χ2v) is 5.30. The minimum Gasteiger partial charge on any atom is -0.490 e. The summed E-state index contributed by atoms with van der Waals surface area (Å²) in [5, 5.41) is 0.396. The third-order valence-corrected chi connectivity index (χ3v) is 3.94. The number of hydrogen-bond acceptors (Lipinski definition) is 3. The van der Waals surface area contributed by atoms with Crippen molar-refractivity contribution in [2.75, 3.05) is 13.2 Å². The van der Waals surface area contributed by atoms with Gasteiger partial charge in [0, 0.05) is 0 Å². The molecule has 1 atom stereocenters. The Morgan fingerprint density at radius 3 is 2.95 bits per heavy atom. The van der Waals surface area contributed by atoms with Crippen molar-refractivity contribution in [3.63, 3.8) is 0 Å². The van der Waals surface area contributed by atoms with Crippen molar-refractivity contribution >= 4 is 17.9 Å². The van der Waals surface area contributed by atoms with Gasteiger partial charge in [-0.1, -0.05) is 41.9 Å². The first-order valence-corrected chi connectivity index (χ1v) is 7.23. The van der Waals surface area contributed by atoms with E-state index in [1.807, 2.05) is 12.1 Å². The number of benzene rings is 2. The van der Waals surface area contributed by atoms with Crippen molar-refractivity contribution in [3.05, 3.63) is 64.2 Å². The molecule has 2 aromatic rings. The first-order chi connectivity index (χ1) is 10.3. The average Bonchev–Trinajstić information content (AvgIpc) is 2.53. The van der Waals surface area contributed by atoms with E-state index in [4.69, 9.17) is 21.1 Å². The van der Waals surface area contributed by atoms with E-state index >= 15 is 0 Å². The monoisotopic (exact) mass is 302 g/mol. The fraction of sp³-hybridized carbons (Fsp3) is 0.235. The minimum atomic E-state index is -0.117. The summed E-state index contributed by atoms with van der Waals surface area (Å²) in [6, 6.07) is 13.4. The predicted octanol–water partition coefficient (Wildman–Crippen LogP) is 3.85. The quantitative estimate of drug-likeness (QED) is 0.805. The lowest BCUT2D eigenvalue weighted by molar-refractivity contribution is 0.0101. The van der Waals surface area contributed by atoms with Crippen LogP contribution in [0.5, 0.6) is 5.75 Å². The fourth-order valence-corrected chi connectivity index (χ4v) is 2.75. The van der Waals surface area contributed by atoms with Crippen LogP contribution in [0.2, 0.25) is 5.02 Å². The summed E-state index contributed by atoms with van der Waals surface area (Å²) < 4.78 is 11.5. The van der Waals surface area contributed by atoms with Crippen molar-refractivity contribution in [3.8, 4) is 5.75 Å². The Hall–Kier alpha value is -1.84. The van der Waals surface area contributed by atoms with Gasteiger partial charge in [0.1, 0.15) is 18.5 Å². The highest BCUT2D eigenvalue weighted by atomic mass is 35.5. The van der Waals surface area contributed by atoms with E-state index in [0.717, 1.165) is 12.0 Å². The fourth-order valence-electron chi connectivity index (χ4n) is 2.54. The normalized spacial score (nSPS) is 17.1. The molecule has 0 amide bonds. The van der Waals surface area contributed by atoms with E-state index < -0.39 is 0 Å². The van der Waals surface area contributed by atoms with Gasteiger partial charge in [-0.3, -0.25) is 4.79 Å². The van der Waals surface area contributed by atoms with Crippen LogP contribution in [-0.2, 0) is 11.2 Å². The Morgan fingerprint density at radius 1 is 1.24 bits per heavy atom. The van der Waals surface area contributed by atoms with Gasteiger partial charge in [0.2, 0.25) is 0 Å². The van der Waals surface area contributed by atoms with Crippen molar-refractivity contribution in [2.24, 2.45) is 0 Å². The van der Waals surface area contributed by atoms with Crippen LogP contribution in [0.1, 0.15) is 27.6 Å². The lowest BCUT2D eigenvalue weighted by atomic mass is 9.98. The standard InChI is InChI=1S/C17H15ClO3/c18-15-6-3-7-16(14(15)10-19)21-11-17-13-5-2-1-4-12(13)8-9-20-17/h1-7,10,17H,8-9,11H2. The number of carbonyl (C=O) groups excluding carboxylic acids is 1. The van der Waals surface area contributed by atoms with Crippen LogP contribution in [-0.4, -0.2) is 19.5 Å². The Labute approximate surface area is 128 Å². The van der Waals surface area contributed by atoms with Crippen LogP contribution < -0.4 is 4.74 Å². The number of halogens is 1. The Bertz CT molecular complexity index is 654. The van der Waals surface area contributed by atoms with Gasteiger partial charge in [-0.05, 0) is 29.7 Å². The summed E-state index contributed by atoms with van der Waals surface area (Å²) in [6.45, 7) is 1.04. The lowest BCUT2D eigenvalue weighted by Gasteiger charge is -2.26. The highest BCUT2D eigenvalue weighted by molar-refractivity contribution is 6.33. The van der Waals surface area contributed by atoms with E-state index in [1.54, 1.807) is 18.2 Å². The molecular weight excluding hydrogens is 288 g/mol. The van der Waals surface area contributed by atoms with E-state index in [2.05, 4.69) is 12.1 Å². The lowest BCUT2D eigenvalue weighted by Crippen LogP contribution is -2.21. The highest BCUT2D eigenvalue weighted by Crippen LogP contribution is 2.29. The van der Waals surface area contributed by atoms with Gasteiger partial charge >= 0.3 is 0 Å². The van der Waals surface area contributed by atoms with Gasteiger partial charge in [0.25, 0.3) is 0 Å². The first kappa shape index (κ1) is 14.1. The van der Waals surface area contributed by atoms with Gasteiger partial charge in [-0.25, -0.2) is 0 Å². The van der Waals surface area contributed by atoms with Crippen molar-refractivity contribution in [1.29, 1.82) is 0 Å². The molecule has 21 heavy (non-hydrogen) atoms. The molecule has 1 unspecified atom stereocenters. The summed E-state index contributed by atoms with van der Waals surface area (Å²) in [6.07, 6.45) is 1.52. The second kappa shape index (κ2) is 6.29. The maximum absolute atomic E-state index is 11.1. The van der Waals surface area contributed by atoms with E-state index in [1.165, 1.54) is 5.56 Å². The summed E-state index contributed by atoms with van der Waals surface area (Å²) in [5.74, 6) is 0.490. The Kier molecular flexibility index (Phi) is 4.23. The third kappa shape index (κ3) is 2.94. The second-order valence-electron chi connectivity index (χ2n) is 4.89. The average molecular weight is 303 g/mol. The molecule has 0 bridgehead atoms. The van der Waals surface area contributed by atoms with Gasteiger partial charge in [0.05, 0.1) is 17.2 Å². The van der Waals surface area contributed by atoms with Gasteiger partial charge in [0.15, 0.2) is 6.29 Å². The maximum atomic E-state index is 11.1. The molecule has 2 aromatic carbocycles. The molecule has 0 radical (unpaired) electrons. The molecule has 0 saturated carbocycles. The molecule has 4 heteroatoms. The summed E-state index contributed by atoms with van der Waals surface area (Å²) in [4.78, 5) is 11.1. The van der Waals surface area contributed by atoms with Crippen LogP contribution in [0.3, 0.4) is 0 Å². The van der Waals surface area contributed by atoms with Crippen LogP contribution in [0.4, 0.5) is 0 Å². The third-order valence-electron chi connectivity index (χ3n) is 3.61. The predicted molar refractivity (Wildman–Crippen MR) is 81.2 cm³/mol. The van der Waals surface area contributed by atoms with Crippen molar-refractivity contribution in [2.45, 2.75) is 12.5 Å². The molecule has 3 rings (SSSR count). The van der Waals surface area contributed by atoms with Crippen molar-refractivity contribution in [1.82, 2.24) is 0 Å². The van der Waals surface area contributed by atoms with Crippen LogP contribution in [0.25, 0.3) is 0 Å². The zero-order chi connectivity index (χ0) is 14.7. The van der Waals surface area contributed by atoms with Gasteiger partial charge < -0.3 is 9.47 Å². The highest BCUT2D eigenvalue weighted by Gasteiger charge is 2.21. The molecule has 0 N–H and O–H groups in total. The number of hydrogen-bond donors (Lipinski definition) is 0. The Morgan fingerprint density at radius 2 is 2.10 bits per heavy atom. The molecular formula is C17H15ClO3. The smallest absolute Gasteiger partial charge is 0.155 e. The molecule has 1 heterocycles. The largest absolute Gasteiger partial charge is 0.490 e. The number of aldehydes is 1. The van der Waals surface area contributed by atoms with Crippen LogP contribution in [0.15, 0.2) is 42.5 Å². The molecule has 108 valence electrons.